The van der Waals surface area contributed by atoms with Crippen LogP contribution in [0.5, 0.6) is 0 Å². The van der Waals surface area contributed by atoms with Crippen molar-refractivity contribution in [3.05, 3.63) is 17.5 Å². The maximum atomic E-state index is 5.62. The summed E-state index contributed by atoms with van der Waals surface area (Å²) < 4.78 is 5.03. The summed E-state index contributed by atoms with van der Waals surface area (Å²) in [6.07, 6.45) is 1.05. The Labute approximate surface area is 59.2 Å². The van der Waals surface area contributed by atoms with E-state index < -0.39 is 0 Å². The van der Waals surface area contributed by atoms with E-state index in [1.165, 1.54) is 0 Å². The Morgan fingerprint density at radius 3 is 2.90 bits per heavy atom. The highest BCUT2D eigenvalue weighted by molar-refractivity contribution is 5.18. The smallest absolute Gasteiger partial charge is 0.141 e. The molecule has 1 saturated carbocycles. The van der Waals surface area contributed by atoms with Crippen molar-refractivity contribution < 1.29 is 4.52 Å². The first kappa shape index (κ1) is 5.92. The highest BCUT2D eigenvalue weighted by atomic mass is 16.5. The highest BCUT2D eigenvalue weighted by Gasteiger charge is 2.37. The number of hydrogen-bond acceptors (Lipinski definition) is 3. The van der Waals surface area contributed by atoms with Crippen LogP contribution in [0.3, 0.4) is 0 Å². The fraction of sp³-hybridized carbons (Fsp3) is 0.571. The summed E-state index contributed by atoms with van der Waals surface area (Å²) in [5.74, 6) is 1.39. The maximum absolute atomic E-state index is 5.62. The zero-order valence-corrected chi connectivity index (χ0v) is 5.87. The summed E-state index contributed by atoms with van der Waals surface area (Å²) in [4.78, 5) is 0. The Kier molecular flexibility index (Phi) is 1.08. The summed E-state index contributed by atoms with van der Waals surface area (Å²) in [5, 5.41) is 3.78. The van der Waals surface area contributed by atoms with Crippen molar-refractivity contribution >= 4 is 0 Å². The number of aryl methyl sites for hydroxylation is 1. The minimum absolute atomic E-state index is 0.312. The molecule has 1 aliphatic rings. The van der Waals surface area contributed by atoms with Gasteiger partial charge in [-0.2, -0.15) is 0 Å². The minimum Gasteiger partial charge on any atom is -0.361 e. The third-order valence-corrected chi connectivity index (χ3v) is 1.85. The Morgan fingerprint density at radius 1 is 1.80 bits per heavy atom. The summed E-state index contributed by atoms with van der Waals surface area (Å²) in [7, 11) is 0. The van der Waals surface area contributed by atoms with Gasteiger partial charge in [0, 0.05) is 18.0 Å². The van der Waals surface area contributed by atoms with Gasteiger partial charge in [-0.15, -0.1) is 0 Å². The molecule has 1 heterocycles. The molecule has 2 rings (SSSR count). The Hall–Kier alpha value is -0.830. The molecule has 1 aliphatic carbocycles. The lowest BCUT2D eigenvalue weighted by atomic mass is 10.3. The zero-order chi connectivity index (χ0) is 7.14. The molecule has 1 fully saturated rings. The highest BCUT2D eigenvalue weighted by Crippen LogP contribution is 2.38. The van der Waals surface area contributed by atoms with Crippen LogP contribution in [0.2, 0.25) is 0 Å². The number of nitrogens with zero attached hydrogens (tertiary/aromatic N) is 1. The molecule has 10 heavy (non-hydrogen) atoms. The molecule has 2 atom stereocenters. The van der Waals surface area contributed by atoms with E-state index in [-0.39, 0.29) is 0 Å². The van der Waals surface area contributed by atoms with Crippen molar-refractivity contribution in [2.45, 2.75) is 25.3 Å². The van der Waals surface area contributed by atoms with E-state index in [2.05, 4.69) is 5.16 Å². The third-order valence-electron chi connectivity index (χ3n) is 1.85. The lowest BCUT2D eigenvalue weighted by molar-refractivity contribution is 0.379. The molecule has 0 spiro atoms. The van der Waals surface area contributed by atoms with Gasteiger partial charge >= 0.3 is 0 Å². The van der Waals surface area contributed by atoms with Crippen LogP contribution in [0.4, 0.5) is 0 Å². The largest absolute Gasteiger partial charge is 0.361 e. The zero-order valence-electron chi connectivity index (χ0n) is 5.87. The molecule has 2 unspecified atom stereocenters. The molecule has 3 heteroatoms. The van der Waals surface area contributed by atoms with E-state index in [0.717, 1.165) is 17.9 Å². The van der Waals surface area contributed by atoms with Crippen LogP contribution in [0.1, 0.15) is 23.8 Å². The average molecular weight is 138 g/mol. The lowest BCUT2D eigenvalue weighted by Crippen LogP contribution is -2.00. The van der Waals surface area contributed by atoms with E-state index in [9.17, 15) is 0 Å². The van der Waals surface area contributed by atoms with E-state index in [1.54, 1.807) is 0 Å². The van der Waals surface area contributed by atoms with Gasteiger partial charge in [0.05, 0.1) is 5.69 Å². The summed E-state index contributed by atoms with van der Waals surface area (Å²) >= 11 is 0. The standard InChI is InChI=1S/C7H10N2O/c1-4-2-7(10-9-4)5-3-6(5)8/h2,5-6H,3,8H2,1H3. The number of rotatable bonds is 1. The van der Waals surface area contributed by atoms with Crippen molar-refractivity contribution in [2.75, 3.05) is 0 Å². The molecular formula is C7H10N2O. The quantitative estimate of drug-likeness (QED) is 0.624. The molecule has 0 bridgehead atoms. The van der Waals surface area contributed by atoms with Crippen LogP contribution in [0, 0.1) is 6.92 Å². The molecule has 2 N–H and O–H groups in total. The SMILES string of the molecule is Cc1cc(C2CC2N)on1. The molecule has 54 valence electrons. The minimum atomic E-state index is 0.312. The van der Waals surface area contributed by atoms with Crippen molar-refractivity contribution in [1.82, 2.24) is 5.16 Å². The van der Waals surface area contributed by atoms with Gasteiger partial charge in [-0.25, -0.2) is 0 Å². The molecule has 0 radical (unpaired) electrons. The maximum Gasteiger partial charge on any atom is 0.141 e. The average Bonchev–Trinajstić information content (AvgIpc) is 2.42. The van der Waals surface area contributed by atoms with Crippen molar-refractivity contribution in [2.24, 2.45) is 5.73 Å². The molecular weight excluding hydrogens is 128 g/mol. The summed E-state index contributed by atoms with van der Waals surface area (Å²) in [5.41, 5.74) is 6.56. The van der Waals surface area contributed by atoms with Gasteiger partial charge in [-0.3, -0.25) is 0 Å². The van der Waals surface area contributed by atoms with Crippen LogP contribution in [-0.4, -0.2) is 11.2 Å². The van der Waals surface area contributed by atoms with Crippen molar-refractivity contribution in [1.29, 1.82) is 0 Å². The fourth-order valence-corrected chi connectivity index (χ4v) is 1.10. The first-order valence-electron chi connectivity index (χ1n) is 3.46. The summed E-state index contributed by atoms with van der Waals surface area (Å²) in [6, 6.07) is 2.27. The second kappa shape index (κ2) is 1.83. The molecule has 3 nitrogen and oxygen atoms in total. The molecule has 0 saturated heterocycles. The molecule has 0 aliphatic heterocycles. The van der Waals surface area contributed by atoms with Gasteiger partial charge < -0.3 is 10.3 Å². The predicted molar refractivity (Wildman–Crippen MR) is 36.6 cm³/mol. The number of aromatic nitrogens is 1. The van der Waals surface area contributed by atoms with Gasteiger partial charge in [0.25, 0.3) is 0 Å². The van der Waals surface area contributed by atoms with Crippen molar-refractivity contribution in [3.63, 3.8) is 0 Å². The fourth-order valence-electron chi connectivity index (χ4n) is 1.10. The van der Waals surface area contributed by atoms with Gasteiger partial charge in [-0.1, -0.05) is 5.16 Å². The second-order valence-corrected chi connectivity index (χ2v) is 2.88. The van der Waals surface area contributed by atoms with E-state index in [1.807, 2.05) is 13.0 Å². The number of hydrogen-bond donors (Lipinski definition) is 1. The topological polar surface area (TPSA) is 52.0 Å². The Bertz CT molecular complexity index is 244. The van der Waals surface area contributed by atoms with Crippen LogP contribution in [0.15, 0.2) is 10.6 Å². The van der Waals surface area contributed by atoms with E-state index in [4.69, 9.17) is 10.3 Å². The normalized spacial score (nSPS) is 30.6. The van der Waals surface area contributed by atoms with Crippen LogP contribution in [-0.2, 0) is 0 Å². The second-order valence-electron chi connectivity index (χ2n) is 2.88. The first-order valence-corrected chi connectivity index (χ1v) is 3.46. The Morgan fingerprint density at radius 2 is 2.50 bits per heavy atom. The van der Waals surface area contributed by atoms with E-state index in [0.29, 0.717) is 12.0 Å². The number of nitrogens with two attached hydrogens (primary N) is 1. The lowest BCUT2D eigenvalue weighted by Gasteiger charge is -1.84. The molecule has 0 amide bonds. The van der Waals surface area contributed by atoms with Gasteiger partial charge in [0.2, 0.25) is 0 Å². The van der Waals surface area contributed by atoms with Crippen molar-refractivity contribution in [3.8, 4) is 0 Å². The monoisotopic (exact) mass is 138 g/mol. The predicted octanol–water partition coefficient (Wildman–Crippen LogP) is 0.798. The van der Waals surface area contributed by atoms with E-state index >= 15 is 0 Å². The molecule has 1 aromatic heterocycles. The van der Waals surface area contributed by atoms with Crippen LogP contribution >= 0.6 is 0 Å². The van der Waals surface area contributed by atoms with Gasteiger partial charge in [-0.05, 0) is 13.3 Å². The molecule has 0 aromatic carbocycles. The van der Waals surface area contributed by atoms with Gasteiger partial charge in [0.15, 0.2) is 0 Å². The first-order chi connectivity index (χ1) is 4.77. The Balaban J connectivity index is 2.20. The molecule has 1 aromatic rings. The third kappa shape index (κ3) is 0.827. The summed E-state index contributed by atoms with van der Waals surface area (Å²) in [6.45, 7) is 1.92. The van der Waals surface area contributed by atoms with Crippen LogP contribution in [0.25, 0.3) is 0 Å². The van der Waals surface area contributed by atoms with Gasteiger partial charge in [0.1, 0.15) is 5.76 Å². The van der Waals surface area contributed by atoms with Crippen LogP contribution < -0.4 is 5.73 Å².